The highest BCUT2D eigenvalue weighted by Crippen LogP contribution is 2.33. The molecule has 0 fully saturated rings. The van der Waals surface area contributed by atoms with Gasteiger partial charge in [-0.15, -0.1) is 0 Å². The van der Waals surface area contributed by atoms with Gasteiger partial charge in [0.25, 0.3) is 0 Å². The fourth-order valence-corrected chi connectivity index (χ4v) is 4.00. The summed E-state index contributed by atoms with van der Waals surface area (Å²) in [6, 6.07) is 15.6. The largest absolute Gasteiger partial charge is 0.489 e. The lowest BCUT2D eigenvalue weighted by Gasteiger charge is -2.22. The van der Waals surface area contributed by atoms with E-state index in [0.717, 1.165) is 22.3 Å². The first-order chi connectivity index (χ1) is 15.5. The summed E-state index contributed by atoms with van der Waals surface area (Å²) in [5, 5.41) is 13.7. The van der Waals surface area contributed by atoms with Gasteiger partial charge in [-0.2, -0.15) is 16.6 Å². The lowest BCUT2D eigenvalue weighted by atomic mass is 9.97. The molecule has 0 amide bonds. The van der Waals surface area contributed by atoms with Crippen molar-refractivity contribution in [3.05, 3.63) is 81.0 Å². The summed E-state index contributed by atoms with van der Waals surface area (Å²) in [7, 11) is 0. The zero-order chi connectivity index (χ0) is 22.9. The average molecular weight is 450 g/mol. The Morgan fingerprint density at radius 2 is 2.00 bits per heavy atom. The third-order valence-electron chi connectivity index (χ3n) is 5.03. The monoisotopic (exact) mass is 449 g/mol. The molecule has 0 radical (unpaired) electrons. The van der Waals surface area contributed by atoms with Crippen LogP contribution in [0.5, 0.6) is 11.5 Å². The quantitative estimate of drug-likeness (QED) is 0.341. The van der Waals surface area contributed by atoms with Gasteiger partial charge in [0.1, 0.15) is 30.3 Å². The normalized spacial score (nSPS) is 11.4. The SMILES string of the molecule is CCOC(=O)CCC(Oc1cc(OCc2ccsc2)ccc1C#N)c1cc(C)ccc1C. The lowest BCUT2D eigenvalue weighted by Crippen LogP contribution is -2.14. The second kappa shape index (κ2) is 11.4. The Morgan fingerprint density at radius 1 is 1.16 bits per heavy atom. The molecule has 32 heavy (non-hydrogen) atoms. The van der Waals surface area contributed by atoms with Crippen molar-refractivity contribution in [1.29, 1.82) is 5.26 Å². The van der Waals surface area contributed by atoms with Gasteiger partial charge in [0, 0.05) is 12.5 Å². The van der Waals surface area contributed by atoms with E-state index in [1.807, 2.05) is 42.8 Å². The number of nitriles is 1. The second-order valence-electron chi connectivity index (χ2n) is 7.50. The number of aryl methyl sites for hydroxylation is 2. The standard InChI is InChI=1S/C26H27NO4S/c1-4-29-26(28)10-9-24(23-13-18(2)5-6-19(23)3)31-25-14-22(8-7-21(25)15-27)30-16-20-11-12-32-17-20/h5-8,11-14,17,24H,4,9-10,16H2,1-3H3. The van der Waals surface area contributed by atoms with E-state index in [9.17, 15) is 10.1 Å². The molecule has 3 aromatic rings. The summed E-state index contributed by atoms with van der Waals surface area (Å²) < 4.78 is 17.3. The molecular formula is C26H27NO4S. The van der Waals surface area contributed by atoms with Gasteiger partial charge >= 0.3 is 5.97 Å². The molecule has 166 valence electrons. The predicted molar refractivity (Wildman–Crippen MR) is 125 cm³/mol. The Balaban J connectivity index is 1.86. The number of rotatable bonds is 10. The molecule has 1 aromatic heterocycles. The third kappa shape index (κ3) is 6.35. The van der Waals surface area contributed by atoms with Gasteiger partial charge < -0.3 is 14.2 Å². The van der Waals surface area contributed by atoms with Crippen molar-refractivity contribution in [3.63, 3.8) is 0 Å². The molecule has 1 atom stereocenters. The molecule has 0 N–H and O–H groups in total. The third-order valence-corrected chi connectivity index (χ3v) is 5.76. The molecule has 2 aromatic carbocycles. The molecule has 0 aliphatic carbocycles. The smallest absolute Gasteiger partial charge is 0.305 e. The van der Waals surface area contributed by atoms with Crippen molar-refractivity contribution in [3.8, 4) is 17.6 Å². The van der Waals surface area contributed by atoms with Gasteiger partial charge in [0.15, 0.2) is 0 Å². The number of carbonyl (C=O) groups excluding carboxylic acids is 1. The molecule has 1 heterocycles. The van der Waals surface area contributed by atoms with E-state index in [2.05, 4.69) is 12.1 Å². The highest BCUT2D eigenvalue weighted by molar-refractivity contribution is 7.07. The van der Waals surface area contributed by atoms with E-state index in [1.54, 1.807) is 36.5 Å². The summed E-state index contributed by atoms with van der Waals surface area (Å²) in [6.07, 6.45) is 0.259. The van der Waals surface area contributed by atoms with Crippen LogP contribution in [0.15, 0.2) is 53.2 Å². The van der Waals surface area contributed by atoms with Gasteiger partial charge in [-0.1, -0.05) is 23.8 Å². The first-order valence-corrected chi connectivity index (χ1v) is 11.5. The molecule has 0 bridgehead atoms. The fourth-order valence-electron chi connectivity index (χ4n) is 3.34. The number of hydrogen-bond donors (Lipinski definition) is 0. The average Bonchev–Trinajstić information content (AvgIpc) is 3.31. The topological polar surface area (TPSA) is 68.6 Å². The van der Waals surface area contributed by atoms with E-state index in [4.69, 9.17) is 14.2 Å². The maximum absolute atomic E-state index is 12.0. The Labute approximate surface area is 193 Å². The number of nitrogens with zero attached hydrogens (tertiary/aromatic N) is 1. The zero-order valence-corrected chi connectivity index (χ0v) is 19.4. The van der Waals surface area contributed by atoms with Crippen LogP contribution < -0.4 is 9.47 Å². The van der Waals surface area contributed by atoms with Crippen molar-refractivity contribution < 1.29 is 19.0 Å². The first kappa shape index (κ1) is 23.4. The summed E-state index contributed by atoms with van der Waals surface area (Å²) in [4.78, 5) is 12.0. The minimum Gasteiger partial charge on any atom is -0.489 e. The summed E-state index contributed by atoms with van der Waals surface area (Å²) in [6.45, 7) is 6.61. The molecule has 1 unspecified atom stereocenters. The molecule has 0 aliphatic heterocycles. The van der Waals surface area contributed by atoms with Gasteiger partial charge in [0.05, 0.1) is 12.2 Å². The fraction of sp³-hybridized carbons (Fsp3) is 0.308. The highest BCUT2D eigenvalue weighted by atomic mass is 32.1. The number of thiophene rings is 1. The maximum Gasteiger partial charge on any atom is 0.305 e. The van der Waals surface area contributed by atoms with Crippen LogP contribution in [0.2, 0.25) is 0 Å². The van der Waals surface area contributed by atoms with Crippen molar-refractivity contribution in [1.82, 2.24) is 0 Å². The first-order valence-electron chi connectivity index (χ1n) is 10.6. The molecule has 0 spiro atoms. The molecule has 3 rings (SSSR count). The Bertz CT molecular complexity index is 1090. The number of carbonyl (C=O) groups is 1. The number of hydrogen-bond acceptors (Lipinski definition) is 6. The van der Waals surface area contributed by atoms with Crippen molar-refractivity contribution >= 4 is 17.3 Å². The lowest BCUT2D eigenvalue weighted by molar-refractivity contribution is -0.143. The zero-order valence-electron chi connectivity index (χ0n) is 18.6. The van der Waals surface area contributed by atoms with Crippen LogP contribution in [-0.4, -0.2) is 12.6 Å². The van der Waals surface area contributed by atoms with E-state index >= 15 is 0 Å². The second-order valence-corrected chi connectivity index (χ2v) is 8.28. The van der Waals surface area contributed by atoms with Crippen LogP contribution >= 0.6 is 11.3 Å². The minimum absolute atomic E-state index is 0.224. The van der Waals surface area contributed by atoms with Crippen LogP contribution in [0.4, 0.5) is 0 Å². The predicted octanol–water partition coefficient (Wildman–Crippen LogP) is 6.28. The Morgan fingerprint density at radius 3 is 2.72 bits per heavy atom. The van der Waals surface area contributed by atoms with Crippen LogP contribution in [0.25, 0.3) is 0 Å². The van der Waals surface area contributed by atoms with Gasteiger partial charge in [-0.05, 0) is 72.8 Å². The summed E-state index contributed by atoms with van der Waals surface area (Å²) in [5.41, 5.74) is 4.66. The van der Waals surface area contributed by atoms with Gasteiger partial charge in [-0.3, -0.25) is 4.79 Å². The number of ether oxygens (including phenoxy) is 3. The van der Waals surface area contributed by atoms with Gasteiger partial charge in [0.2, 0.25) is 0 Å². The van der Waals surface area contributed by atoms with Crippen LogP contribution in [0, 0.1) is 25.2 Å². The van der Waals surface area contributed by atoms with E-state index in [1.165, 1.54) is 0 Å². The molecule has 5 nitrogen and oxygen atoms in total. The van der Waals surface area contributed by atoms with Crippen LogP contribution in [0.3, 0.4) is 0 Å². The van der Waals surface area contributed by atoms with E-state index in [-0.39, 0.29) is 12.4 Å². The van der Waals surface area contributed by atoms with Crippen molar-refractivity contribution in [2.24, 2.45) is 0 Å². The van der Waals surface area contributed by atoms with Crippen LogP contribution in [-0.2, 0) is 16.1 Å². The molecular weight excluding hydrogens is 422 g/mol. The molecule has 0 saturated carbocycles. The number of esters is 1. The van der Waals surface area contributed by atoms with Crippen molar-refractivity contribution in [2.75, 3.05) is 6.61 Å². The highest BCUT2D eigenvalue weighted by Gasteiger charge is 2.20. The van der Waals surface area contributed by atoms with E-state index < -0.39 is 6.10 Å². The molecule has 6 heteroatoms. The number of benzene rings is 2. The Hall–Kier alpha value is -3.30. The maximum atomic E-state index is 12.0. The summed E-state index contributed by atoms with van der Waals surface area (Å²) in [5.74, 6) is 0.792. The minimum atomic E-state index is -0.404. The van der Waals surface area contributed by atoms with Gasteiger partial charge in [-0.25, -0.2) is 0 Å². The summed E-state index contributed by atoms with van der Waals surface area (Å²) >= 11 is 1.62. The van der Waals surface area contributed by atoms with Crippen LogP contribution in [0.1, 0.15) is 53.7 Å². The Kier molecular flexibility index (Phi) is 8.29. The van der Waals surface area contributed by atoms with E-state index in [0.29, 0.717) is 36.7 Å². The molecule has 0 saturated heterocycles. The van der Waals surface area contributed by atoms with Crippen molar-refractivity contribution in [2.45, 2.75) is 46.3 Å². The molecule has 0 aliphatic rings.